The van der Waals surface area contributed by atoms with Crippen LogP contribution in [0.2, 0.25) is 0 Å². The standard InChI is InChI=1S/C55H101NO5/c1-3-5-7-9-11-13-28-33-37-41-45-49-55(60)61-50-46-42-38-34-30-27-25-23-21-19-17-15-16-18-20-22-24-26-29-32-36-40-44-48-54(59)56-52(51-57)53(58)47-43-39-35-31-14-12-10-8-6-4-2/h9,11,15,17-18,20,43,47,52-53,57-58H,3-8,10,12-14,16,19,21-42,44-46,48-51H2,1-2H3,(H,56,59)/b11-9-,17-15-,20-18-,47-43+. The van der Waals surface area contributed by atoms with E-state index in [1.165, 1.54) is 173 Å². The molecule has 0 aliphatic heterocycles. The topological polar surface area (TPSA) is 95.9 Å². The lowest BCUT2D eigenvalue weighted by Crippen LogP contribution is -2.45. The van der Waals surface area contributed by atoms with Crippen LogP contribution in [-0.2, 0) is 14.3 Å². The van der Waals surface area contributed by atoms with Gasteiger partial charge in [-0.3, -0.25) is 9.59 Å². The van der Waals surface area contributed by atoms with Gasteiger partial charge in [-0.15, -0.1) is 0 Å². The van der Waals surface area contributed by atoms with E-state index in [2.05, 4.69) is 55.6 Å². The summed E-state index contributed by atoms with van der Waals surface area (Å²) in [4.78, 5) is 24.3. The van der Waals surface area contributed by atoms with Crippen LogP contribution in [-0.4, -0.2) is 47.4 Å². The van der Waals surface area contributed by atoms with Gasteiger partial charge in [0.25, 0.3) is 0 Å². The van der Waals surface area contributed by atoms with E-state index in [-0.39, 0.29) is 18.5 Å². The molecule has 3 N–H and O–H groups in total. The molecule has 0 saturated carbocycles. The molecule has 1 amide bonds. The fourth-order valence-corrected chi connectivity index (χ4v) is 7.70. The number of unbranched alkanes of at least 4 members (excludes halogenated alkanes) is 31. The molecule has 0 aliphatic rings. The number of hydrogen-bond donors (Lipinski definition) is 3. The number of allylic oxidation sites excluding steroid dienone is 7. The van der Waals surface area contributed by atoms with Crippen LogP contribution in [0, 0.1) is 0 Å². The van der Waals surface area contributed by atoms with Gasteiger partial charge < -0.3 is 20.3 Å². The maximum absolute atomic E-state index is 12.4. The van der Waals surface area contributed by atoms with Crippen molar-refractivity contribution < 1.29 is 24.5 Å². The average Bonchev–Trinajstić information content (AvgIpc) is 3.26. The van der Waals surface area contributed by atoms with Crippen LogP contribution in [0.4, 0.5) is 0 Å². The van der Waals surface area contributed by atoms with Crippen LogP contribution in [0.3, 0.4) is 0 Å². The Kier molecular flexibility index (Phi) is 48.7. The predicted octanol–water partition coefficient (Wildman–Crippen LogP) is 15.8. The van der Waals surface area contributed by atoms with E-state index in [1.807, 2.05) is 6.08 Å². The number of hydrogen-bond acceptors (Lipinski definition) is 5. The Morgan fingerprint density at radius 1 is 0.459 bits per heavy atom. The molecule has 0 spiro atoms. The molecule has 2 atom stereocenters. The molecule has 356 valence electrons. The van der Waals surface area contributed by atoms with Gasteiger partial charge in [-0.05, 0) is 83.5 Å². The van der Waals surface area contributed by atoms with Crippen molar-refractivity contribution in [2.75, 3.05) is 13.2 Å². The van der Waals surface area contributed by atoms with Gasteiger partial charge in [0, 0.05) is 12.8 Å². The summed E-state index contributed by atoms with van der Waals surface area (Å²) >= 11 is 0. The lowest BCUT2D eigenvalue weighted by atomic mass is 10.1. The second kappa shape index (κ2) is 50.5. The number of nitrogens with one attached hydrogen (secondary N) is 1. The highest BCUT2D eigenvalue weighted by molar-refractivity contribution is 5.76. The smallest absolute Gasteiger partial charge is 0.305 e. The Labute approximate surface area is 378 Å². The number of ether oxygens (including phenoxy) is 1. The van der Waals surface area contributed by atoms with E-state index in [0.29, 0.717) is 19.4 Å². The molecular weight excluding hydrogens is 755 g/mol. The molecule has 0 saturated heterocycles. The molecule has 0 bridgehead atoms. The molecule has 0 heterocycles. The largest absolute Gasteiger partial charge is 0.466 e. The Morgan fingerprint density at radius 2 is 0.836 bits per heavy atom. The number of carbonyl (C=O) groups is 2. The van der Waals surface area contributed by atoms with Gasteiger partial charge >= 0.3 is 5.97 Å². The molecule has 0 aromatic carbocycles. The molecule has 61 heavy (non-hydrogen) atoms. The zero-order chi connectivity index (χ0) is 44.4. The van der Waals surface area contributed by atoms with Crippen molar-refractivity contribution in [1.82, 2.24) is 5.32 Å². The van der Waals surface area contributed by atoms with Crippen molar-refractivity contribution in [2.24, 2.45) is 0 Å². The summed E-state index contributed by atoms with van der Waals surface area (Å²) < 4.78 is 5.44. The molecule has 0 aromatic rings. The van der Waals surface area contributed by atoms with Gasteiger partial charge in [0.2, 0.25) is 5.91 Å². The lowest BCUT2D eigenvalue weighted by molar-refractivity contribution is -0.143. The van der Waals surface area contributed by atoms with Gasteiger partial charge in [-0.1, -0.05) is 217 Å². The Balaban J connectivity index is 3.47. The highest BCUT2D eigenvalue weighted by Crippen LogP contribution is 2.14. The van der Waals surface area contributed by atoms with Crippen molar-refractivity contribution in [3.05, 3.63) is 48.6 Å². The van der Waals surface area contributed by atoms with Gasteiger partial charge in [0.1, 0.15) is 0 Å². The summed E-state index contributed by atoms with van der Waals surface area (Å²) in [5.41, 5.74) is 0. The molecule has 6 nitrogen and oxygen atoms in total. The van der Waals surface area contributed by atoms with E-state index in [9.17, 15) is 19.8 Å². The first-order valence-electron chi connectivity index (χ1n) is 26.4. The number of carbonyl (C=O) groups excluding carboxylic acids is 2. The molecule has 0 radical (unpaired) electrons. The van der Waals surface area contributed by atoms with E-state index >= 15 is 0 Å². The molecule has 2 unspecified atom stereocenters. The van der Waals surface area contributed by atoms with Crippen LogP contribution in [0.15, 0.2) is 48.6 Å². The molecule has 0 rings (SSSR count). The molecule has 0 fully saturated rings. The van der Waals surface area contributed by atoms with Crippen LogP contribution >= 0.6 is 0 Å². The third-order valence-electron chi connectivity index (χ3n) is 11.8. The SMILES string of the molecule is CCCC/C=C\CCCCCCCC(=O)OCCCCCCCCCCC/C=C\C/C=C\CCCCCCCCCC(=O)NC(CO)C(O)/C=C/CCCCCCCCCC. The van der Waals surface area contributed by atoms with E-state index in [4.69, 9.17) is 4.74 Å². The molecule has 0 aliphatic carbocycles. The Hall–Kier alpha value is -2.18. The number of amides is 1. The fourth-order valence-electron chi connectivity index (χ4n) is 7.70. The minimum Gasteiger partial charge on any atom is -0.466 e. The van der Waals surface area contributed by atoms with Crippen molar-refractivity contribution >= 4 is 11.9 Å². The number of aliphatic hydroxyl groups excluding tert-OH is 2. The Bertz CT molecular complexity index is 1040. The normalized spacial score (nSPS) is 13.0. The monoisotopic (exact) mass is 856 g/mol. The van der Waals surface area contributed by atoms with Crippen molar-refractivity contribution in [3.8, 4) is 0 Å². The summed E-state index contributed by atoms with van der Waals surface area (Å²) in [5.74, 6) is -0.0874. The quantitative estimate of drug-likeness (QED) is 0.0322. The minimum absolute atomic E-state index is 0.00567. The van der Waals surface area contributed by atoms with Gasteiger partial charge in [0.05, 0.1) is 25.4 Å². The zero-order valence-corrected chi connectivity index (χ0v) is 40.4. The number of aliphatic hydroxyl groups is 2. The first-order valence-corrected chi connectivity index (χ1v) is 26.4. The second-order valence-electron chi connectivity index (χ2n) is 17.8. The van der Waals surface area contributed by atoms with E-state index in [1.54, 1.807) is 6.08 Å². The number of esters is 1. The first kappa shape index (κ1) is 58.8. The van der Waals surface area contributed by atoms with Crippen LogP contribution in [0.25, 0.3) is 0 Å². The van der Waals surface area contributed by atoms with Crippen molar-refractivity contribution in [1.29, 1.82) is 0 Å². The van der Waals surface area contributed by atoms with Gasteiger partial charge in [-0.25, -0.2) is 0 Å². The summed E-state index contributed by atoms with van der Waals surface area (Å²) in [6.07, 6.45) is 62.7. The van der Waals surface area contributed by atoms with Crippen molar-refractivity contribution in [2.45, 2.75) is 276 Å². The van der Waals surface area contributed by atoms with Gasteiger partial charge in [-0.2, -0.15) is 0 Å². The fraction of sp³-hybridized carbons (Fsp3) is 0.818. The maximum Gasteiger partial charge on any atom is 0.305 e. The third kappa shape index (κ3) is 47.1. The maximum atomic E-state index is 12.4. The number of rotatable bonds is 48. The van der Waals surface area contributed by atoms with Gasteiger partial charge in [0.15, 0.2) is 0 Å². The van der Waals surface area contributed by atoms with Crippen LogP contribution in [0.1, 0.15) is 264 Å². The second-order valence-corrected chi connectivity index (χ2v) is 17.8. The zero-order valence-electron chi connectivity index (χ0n) is 40.4. The van der Waals surface area contributed by atoms with Crippen molar-refractivity contribution in [3.63, 3.8) is 0 Å². The van der Waals surface area contributed by atoms with Crippen LogP contribution in [0.5, 0.6) is 0 Å². The van der Waals surface area contributed by atoms with Crippen LogP contribution < -0.4 is 5.32 Å². The molecule has 0 aromatic heterocycles. The lowest BCUT2D eigenvalue weighted by Gasteiger charge is -2.20. The summed E-state index contributed by atoms with van der Waals surface area (Å²) in [6.45, 7) is 4.82. The highest BCUT2D eigenvalue weighted by Gasteiger charge is 2.18. The molecular formula is C55H101NO5. The average molecular weight is 856 g/mol. The van der Waals surface area contributed by atoms with E-state index < -0.39 is 12.1 Å². The summed E-state index contributed by atoms with van der Waals surface area (Å²) in [7, 11) is 0. The third-order valence-corrected chi connectivity index (χ3v) is 11.8. The summed E-state index contributed by atoms with van der Waals surface area (Å²) in [5, 5.41) is 22.9. The highest BCUT2D eigenvalue weighted by atomic mass is 16.5. The first-order chi connectivity index (χ1) is 30.0. The van der Waals surface area contributed by atoms with E-state index in [0.717, 1.165) is 64.2 Å². The predicted molar refractivity (Wildman–Crippen MR) is 264 cm³/mol. The molecule has 6 heteroatoms. The summed E-state index contributed by atoms with van der Waals surface area (Å²) in [6, 6.07) is -0.634. The Morgan fingerprint density at radius 3 is 1.31 bits per heavy atom. The minimum atomic E-state index is -0.849.